The van der Waals surface area contributed by atoms with Gasteiger partial charge in [0.25, 0.3) is 0 Å². The maximum Gasteiger partial charge on any atom is 0.239 e. The van der Waals surface area contributed by atoms with E-state index >= 15 is 0 Å². The van der Waals surface area contributed by atoms with E-state index < -0.39 is 5.54 Å². The first-order valence-electron chi connectivity index (χ1n) is 5.93. The molecule has 0 saturated carbocycles. The average molecular weight is 245 g/mol. The lowest BCUT2D eigenvalue weighted by Crippen LogP contribution is -2.52. The quantitative estimate of drug-likeness (QED) is 0.730. The molecule has 0 bridgehead atoms. The first-order chi connectivity index (χ1) is 7.56. The number of nitrogens with two attached hydrogens (primary N) is 1. The number of carbonyl (C=O) groups excluding carboxylic acids is 1. The van der Waals surface area contributed by atoms with Crippen molar-refractivity contribution in [1.29, 1.82) is 0 Å². The summed E-state index contributed by atoms with van der Waals surface area (Å²) in [6.45, 7) is 7.62. The number of nitrogens with one attached hydrogen (secondary N) is 1. The van der Waals surface area contributed by atoms with Gasteiger partial charge >= 0.3 is 0 Å². The number of rotatable bonds is 5. The second-order valence-electron chi connectivity index (χ2n) is 4.48. The van der Waals surface area contributed by atoms with Crippen LogP contribution in [0, 0.1) is 0 Å². The van der Waals surface area contributed by atoms with Crippen molar-refractivity contribution < 1.29 is 4.79 Å². The molecule has 0 aromatic rings. The summed E-state index contributed by atoms with van der Waals surface area (Å²) in [5.41, 5.74) is 5.13. The Hall–Kier alpha value is -0.260. The van der Waals surface area contributed by atoms with Crippen molar-refractivity contribution in [1.82, 2.24) is 10.2 Å². The Morgan fingerprint density at radius 1 is 1.50 bits per heavy atom. The van der Waals surface area contributed by atoms with Gasteiger partial charge in [-0.1, -0.05) is 6.92 Å². The third-order valence-corrected chi connectivity index (χ3v) is 4.01. The molecule has 1 amide bonds. The molecule has 1 aliphatic heterocycles. The smallest absolute Gasteiger partial charge is 0.239 e. The Labute approximate surface area is 102 Å². The van der Waals surface area contributed by atoms with Crippen molar-refractivity contribution >= 4 is 17.7 Å². The molecule has 3 N–H and O–H groups in total. The van der Waals surface area contributed by atoms with E-state index in [4.69, 9.17) is 5.73 Å². The molecule has 1 heterocycles. The van der Waals surface area contributed by atoms with Crippen LogP contribution in [-0.2, 0) is 4.79 Å². The van der Waals surface area contributed by atoms with Gasteiger partial charge in [0.15, 0.2) is 0 Å². The molecule has 94 valence electrons. The fraction of sp³-hybridized carbons (Fsp3) is 0.909. The number of amides is 1. The Morgan fingerprint density at radius 2 is 2.12 bits per heavy atom. The van der Waals surface area contributed by atoms with Crippen molar-refractivity contribution in [2.75, 3.05) is 37.7 Å². The van der Waals surface area contributed by atoms with Crippen LogP contribution in [0.25, 0.3) is 0 Å². The molecule has 5 heteroatoms. The van der Waals surface area contributed by atoms with Crippen LogP contribution in [0.5, 0.6) is 0 Å². The topological polar surface area (TPSA) is 58.4 Å². The van der Waals surface area contributed by atoms with Crippen LogP contribution in [0.15, 0.2) is 0 Å². The minimum absolute atomic E-state index is 0.0404. The SMILES string of the molecule is CCC(C)(N)C(=O)NCCN1CCSCC1. The molecule has 0 aromatic heterocycles. The molecular formula is C11H23N3OS. The third kappa shape index (κ3) is 4.31. The molecule has 1 atom stereocenters. The number of thioether (sulfide) groups is 1. The van der Waals surface area contributed by atoms with E-state index in [1.807, 2.05) is 18.7 Å². The normalized spacial score (nSPS) is 21.4. The zero-order valence-electron chi connectivity index (χ0n) is 10.3. The van der Waals surface area contributed by atoms with Crippen LogP contribution in [0.4, 0.5) is 0 Å². The van der Waals surface area contributed by atoms with Crippen molar-refractivity contribution in [3.63, 3.8) is 0 Å². The van der Waals surface area contributed by atoms with Gasteiger partial charge in [-0.3, -0.25) is 9.69 Å². The largest absolute Gasteiger partial charge is 0.353 e. The van der Waals surface area contributed by atoms with Gasteiger partial charge in [0.1, 0.15) is 0 Å². The molecule has 1 saturated heterocycles. The van der Waals surface area contributed by atoms with Crippen molar-refractivity contribution in [3.05, 3.63) is 0 Å². The van der Waals surface area contributed by atoms with Gasteiger partial charge in [0.05, 0.1) is 5.54 Å². The second kappa shape index (κ2) is 6.47. The predicted octanol–water partition coefficient (Wildman–Crippen LogP) is 0.279. The molecule has 1 rings (SSSR count). The molecule has 4 nitrogen and oxygen atoms in total. The summed E-state index contributed by atoms with van der Waals surface area (Å²) in [4.78, 5) is 14.1. The molecule has 0 aromatic carbocycles. The summed E-state index contributed by atoms with van der Waals surface area (Å²) in [7, 11) is 0. The number of hydrogen-bond acceptors (Lipinski definition) is 4. The number of carbonyl (C=O) groups is 1. The third-order valence-electron chi connectivity index (χ3n) is 3.07. The highest BCUT2D eigenvalue weighted by atomic mass is 32.2. The zero-order chi connectivity index (χ0) is 12.0. The Bertz CT molecular complexity index is 227. The van der Waals surface area contributed by atoms with Crippen LogP contribution >= 0.6 is 11.8 Å². The van der Waals surface area contributed by atoms with Crippen LogP contribution in [0.3, 0.4) is 0 Å². The van der Waals surface area contributed by atoms with Gasteiger partial charge < -0.3 is 11.1 Å². The summed E-state index contributed by atoms with van der Waals surface area (Å²) < 4.78 is 0. The van der Waals surface area contributed by atoms with E-state index in [2.05, 4.69) is 10.2 Å². The maximum absolute atomic E-state index is 11.7. The van der Waals surface area contributed by atoms with E-state index in [9.17, 15) is 4.79 Å². The van der Waals surface area contributed by atoms with Crippen LogP contribution in [-0.4, -0.2) is 54.0 Å². The Kier molecular flexibility index (Phi) is 5.58. The van der Waals surface area contributed by atoms with Gasteiger partial charge in [-0.05, 0) is 13.3 Å². The first kappa shape index (κ1) is 13.8. The summed E-state index contributed by atoms with van der Waals surface area (Å²) in [5.74, 6) is 2.37. The Morgan fingerprint density at radius 3 is 2.69 bits per heavy atom. The zero-order valence-corrected chi connectivity index (χ0v) is 11.1. The lowest BCUT2D eigenvalue weighted by molar-refractivity contribution is -0.125. The van der Waals surface area contributed by atoms with Crippen LogP contribution in [0.1, 0.15) is 20.3 Å². The van der Waals surface area contributed by atoms with E-state index in [0.29, 0.717) is 13.0 Å². The standard InChI is InChI=1S/C11H23N3OS/c1-3-11(2,12)10(15)13-4-5-14-6-8-16-9-7-14/h3-9,12H2,1-2H3,(H,13,15). The van der Waals surface area contributed by atoms with Gasteiger partial charge in [0.2, 0.25) is 5.91 Å². The molecule has 0 aliphatic carbocycles. The molecular weight excluding hydrogens is 222 g/mol. The summed E-state index contributed by atoms with van der Waals surface area (Å²) in [6, 6.07) is 0. The monoisotopic (exact) mass is 245 g/mol. The molecule has 1 fully saturated rings. The average Bonchev–Trinajstić information content (AvgIpc) is 2.30. The Balaban J connectivity index is 2.17. The summed E-state index contributed by atoms with van der Waals surface area (Å²) in [5, 5.41) is 2.91. The van der Waals surface area contributed by atoms with Gasteiger partial charge in [0, 0.05) is 37.7 Å². The number of nitrogens with zero attached hydrogens (tertiary/aromatic N) is 1. The first-order valence-corrected chi connectivity index (χ1v) is 7.09. The minimum Gasteiger partial charge on any atom is -0.353 e. The highest BCUT2D eigenvalue weighted by molar-refractivity contribution is 7.99. The number of hydrogen-bond donors (Lipinski definition) is 2. The maximum atomic E-state index is 11.7. The van der Waals surface area contributed by atoms with Crippen LogP contribution in [0.2, 0.25) is 0 Å². The summed E-state index contributed by atoms with van der Waals surface area (Å²) in [6.07, 6.45) is 0.666. The van der Waals surface area contributed by atoms with Crippen LogP contribution < -0.4 is 11.1 Å². The molecule has 0 spiro atoms. The second-order valence-corrected chi connectivity index (χ2v) is 5.71. The molecule has 0 radical (unpaired) electrons. The fourth-order valence-corrected chi connectivity index (χ4v) is 2.49. The molecule has 1 unspecified atom stereocenters. The predicted molar refractivity (Wildman–Crippen MR) is 69.7 cm³/mol. The van der Waals surface area contributed by atoms with E-state index in [-0.39, 0.29) is 5.91 Å². The molecule has 1 aliphatic rings. The molecule has 16 heavy (non-hydrogen) atoms. The lowest BCUT2D eigenvalue weighted by Gasteiger charge is -2.27. The minimum atomic E-state index is -0.724. The fourth-order valence-electron chi connectivity index (χ4n) is 1.51. The van der Waals surface area contributed by atoms with Crippen molar-refractivity contribution in [2.45, 2.75) is 25.8 Å². The summed E-state index contributed by atoms with van der Waals surface area (Å²) >= 11 is 2.00. The highest BCUT2D eigenvalue weighted by Crippen LogP contribution is 2.08. The van der Waals surface area contributed by atoms with Gasteiger partial charge in [-0.25, -0.2) is 0 Å². The lowest BCUT2D eigenvalue weighted by atomic mass is 10.00. The van der Waals surface area contributed by atoms with Crippen molar-refractivity contribution in [2.24, 2.45) is 5.73 Å². The van der Waals surface area contributed by atoms with E-state index in [1.165, 1.54) is 11.5 Å². The van der Waals surface area contributed by atoms with Crippen molar-refractivity contribution in [3.8, 4) is 0 Å². The highest BCUT2D eigenvalue weighted by Gasteiger charge is 2.25. The van der Waals surface area contributed by atoms with Gasteiger partial charge in [-0.2, -0.15) is 11.8 Å². The van der Waals surface area contributed by atoms with E-state index in [1.54, 1.807) is 6.92 Å². The van der Waals surface area contributed by atoms with Gasteiger partial charge in [-0.15, -0.1) is 0 Å². The van der Waals surface area contributed by atoms with E-state index in [0.717, 1.165) is 19.6 Å².